The molecule has 0 spiro atoms. The van der Waals surface area contributed by atoms with Crippen LogP contribution in [0.3, 0.4) is 0 Å². The number of carboxylic acids is 1. The summed E-state index contributed by atoms with van der Waals surface area (Å²) in [6, 6.07) is 0. The van der Waals surface area contributed by atoms with Crippen molar-refractivity contribution in [2.45, 2.75) is 19.1 Å². The van der Waals surface area contributed by atoms with Gasteiger partial charge < -0.3 is 15.2 Å². The third-order valence-electron chi connectivity index (χ3n) is 2.36. The SMILES string of the molecule is COCCc1c(C(=O)O)nnn1CC(=O)NCC(F)(F)F. The number of halogens is 3. The molecule has 0 radical (unpaired) electrons. The van der Waals surface area contributed by atoms with Crippen molar-refractivity contribution < 1.29 is 32.6 Å². The number of hydrogen-bond donors (Lipinski definition) is 2. The zero-order chi connectivity index (χ0) is 16.0. The van der Waals surface area contributed by atoms with E-state index in [0.717, 1.165) is 4.68 Å². The lowest BCUT2D eigenvalue weighted by Crippen LogP contribution is -2.36. The Bertz CT molecular complexity index is 515. The molecule has 1 amide bonds. The number of carbonyl (C=O) groups excluding carboxylic acids is 1. The maximum atomic E-state index is 12.0. The lowest BCUT2D eigenvalue weighted by atomic mass is 10.2. The Labute approximate surface area is 116 Å². The molecule has 0 bridgehead atoms. The number of nitrogens with one attached hydrogen (secondary N) is 1. The molecule has 1 heterocycles. The fourth-order valence-electron chi connectivity index (χ4n) is 1.46. The van der Waals surface area contributed by atoms with Gasteiger partial charge in [0, 0.05) is 13.5 Å². The van der Waals surface area contributed by atoms with Crippen LogP contribution in [0.2, 0.25) is 0 Å². The zero-order valence-corrected chi connectivity index (χ0v) is 11.0. The Hall–Kier alpha value is -2.17. The Kier molecular flexibility index (Phi) is 5.64. The van der Waals surface area contributed by atoms with Gasteiger partial charge >= 0.3 is 12.1 Å². The number of ether oxygens (including phenoxy) is 1. The van der Waals surface area contributed by atoms with Gasteiger partial charge in [-0.15, -0.1) is 5.10 Å². The van der Waals surface area contributed by atoms with Crippen LogP contribution in [0, 0.1) is 0 Å². The van der Waals surface area contributed by atoms with Crippen molar-refractivity contribution >= 4 is 11.9 Å². The normalized spacial score (nSPS) is 11.4. The van der Waals surface area contributed by atoms with E-state index in [2.05, 4.69) is 10.3 Å². The van der Waals surface area contributed by atoms with Crippen molar-refractivity contribution in [2.75, 3.05) is 20.3 Å². The third-order valence-corrected chi connectivity index (χ3v) is 2.36. The number of hydrogen-bond acceptors (Lipinski definition) is 5. The zero-order valence-electron chi connectivity index (χ0n) is 11.0. The average molecular weight is 310 g/mol. The number of methoxy groups -OCH3 is 1. The largest absolute Gasteiger partial charge is 0.476 e. The van der Waals surface area contributed by atoms with Gasteiger partial charge in [-0.2, -0.15) is 13.2 Å². The van der Waals surface area contributed by atoms with Crippen molar-refractivity contribution in [3.63, 3.8) is 0 Å². The summed E-state index contributed by atoms with van der Waals surface area (Å²) in [6.45, 7) is -1.88. The minimum absolute atomic E-state index is 0.103. The Balaban J connectivity index is 2.78. The minimum Gasteiger partial charge on any atom is -0.476 e. The number of amides is 1. The summed E-state index contributed by atoms with van der Waals surface area (Å²) in [7, 11) is 1.39. The highest BCUT2D eigenvalue weighted by Crippen LogP contribution is 2.12. The van der Waals surface area contributed by atoms with Gasteiger partial charge in [-0.1, -0.05) is 5.21 Å². The molecule has 0 saturated carbocycles. The molecule has 2 N–H and O–H groups in total. The van der Waals surface area contributed by atoms with Crippen LogP contribution >= 0.6 is 0 Å². The summed E-state index contributed by atoms with van der Waals surface area (Å²) in [6.07, 6.45) is -4.42. The van der Waals surface area contributed by atoms with Crippen molar-refractivity contribution in [1.29, 1.82) is 0 Å². The van der Waals surface area contributed by atoms with Crippen LogP contribution < -0.4 is 5.32 Å². The maximum Gasteiger partial charge on any atom is 0.405 e. The van der Waals surface area contributed by atoms with Crippen LogP contribution in [0.5, 0.6) is 0 Å². The molecule has 1 rings (SSSR count). The highest BCUT2D eigenvalue weighted by Gasteiger charge is 2.28. The summed E-state index contributed by atoms with van der Waals surface area (Å²) in [4.78, 5) is 22.3. The number of aromatic carboxylic acids is 1. The fraction of sp³-hybridized carbons (Fsp3) is 0.600. The first-order chi connectivity index (χ1) is 9.74. The fourth-order valence-corrected chi connectivity index (χ4v) is 1.46. The van der Waals surface area contributed by atoms with Gasteiger partial charge in [-0.3, -0.25) is 4.79 Å². The predicted molar refractivity (Wildman–Crippen MR) is 61.6 cm³/mol. The predicted octanol–water partition coefficient (Wildman–Crippen LogP) is -0.156. The van der Waals surface area contributed by atoms with Crippen LogP contribution in [0.15, 0.2) is 0 Å². The van der Waals surface area contributed by atoms with Crippen LogP contribution in [0.1, 0.15) is 16.2 Å². The molecule has 1 aromatic rings. The van der Waals surface area contributed by atoms with Gasteiger partial charge in [-0.05, 0) is 0 Å². The summed E-state index contributed by atoms with van der Waals surface area (Å²) in [5, 5.41) is 17.4. The van der Waals surface area contributed by atoms with E-state index >= 15 is 0 Å². The average Bonchev–Trinajstić information content (AvgIpc) is 2.76. The van der Waals surface area contributed by atoms with Crippen LogP contribution in [-0.4, -0.2) is 58.4 Å². The highest BCUT2D eigenvalue weighted by molar-refractivity contribution is 5.86. The molecule has 118 valence electrons. The summed E-state index contributed by atoms with van der Waals surface area (Å²) >= 11 is 0. The monoisotopic (exact) mass is 310 g/mol. The van der Waals surface area contributed by atoms with Gasteiger partial charge in [-0.25, -0.2) is 9.48 Å². The molecule has 0 aliphatic rings. The molecule has 0 fully saturated rings. The van der Waals surface area contributed by atoms with Gasteiger partial charge in [0.2, 0.25) is 5.91 Å². The standard InChI is InChI=1S/C10H13F3N4O4/c1-21-3-2-6-8(9(19)20)15-16-17(6)4-7(18)14-5-10(11,12)13/h2-5H2,1H3,(H,14,18)(H,19,20). The lowest BCUT2D eigenvalue weighted by Gasteiger charge is -2.09. The summed E-state index contributed by atoms with van der Waals surface area (Å²) < 4.78 is 41.6. The van der Waals surface area contributed by atoms with Gasteiger partial charge in [0.15, 0.2) is 5.69 Å². The van der Waals surface area contributed by atoms with E-state index in [-0.39, 0.29) is 24.4 Å². The van der Waals surface area contributed by atoms with Crippen molar-refractivity contribution in [3.05, 3.63) is 11.4 Å². The van der Waals surface area contributed by atoms with Gasteiger partial charge in [0.05, 0.1) is 12.3 Å². The van der Waals surface area contributed by atoms with Crippen LogP contribution in [-0.2, 0) is 22.5 Å². The molecule has 0 aromatic carbocycles. The Morgan fingerprint density at radius 1 is 1.43 bits per heavy atom. The third kappa shape index (κ3) is 5.38. The first kappa shape index (κ1) is 16.9. The van der Waals surface area contributed by atoms with Crippen molar-refractivity contribution in [3.8, 4) is 0 Å². The first-order valence-electron chi connectivity index (χ1n) is 5.72. The molecule has 11 heteroatoms. The van der Waals surface area contributed by atoms with Crippen molar-refractivity contribution in [1.82, 2.24) is 20.3 Å². The second-order valence-electron chi connectivity index (χ2n) is 3.98. The molecule has 21 heavy (non-hydrogen) atoms. The van der Waals surface area contributed by atoms with Gasteiger partial charge in [0.1, 0.15) is 13.1 Å². The second-order valence-corrected chi connectivity index (χ2v) is 3.98. The Morgan fingerprint density at radius 3 is 2.62 bits per heavy atom. The number of nitrogens with zero attached hydrogens (tertiary/aromatic N) is 3. The summed E-state index contributed by atoms with van der Waals surface area (Å²) in [5.74, 6) is -2.30. The van der Waals surface area contributed by atoms with E-state index in [4.69, 9.17) is 9.84 Å². The van der Waals surface area contributed by atoms with Crippen molar-refractivity contribution in [2.24, 2.45) is 0 Å². The molecule has 0 aliphatic heterocycles. The number of aromatic nitrogens is 3. The number of alkyl halides is 3. The number of rotatable bonds is 7. The number of carboxylic acid groups (broad SMARTS) is 1. The first-order valence-corrected chi connectivity index (χ1v) is 5.72. The van der Waals surface area contributed by atoms with Gasteiger partial charge in [0.25, 0.3) is 0 Å². The van der Waals surface area contributed by atoms with E-state index in [9.17, 15) is 22.8 Å². The molecule has 0 atom stereocenters. The molecular weight excluding hydrogens is 297 g/mol. The molecule has 0 unspecified atom stereocenters. The Morgan fingerprint density at radius 2 is 2.10 bits per heavy atom. The van der Waals surface area contributed by atoms with Crippen LogP contribution in [0.25, 0.3) is 0 Å². The minimum atomic E-state index is -4.52. The van der Waals surface area contributed by atoms with E-state index < -0.39 is 31.1 Å². The van der Waals surface area contributed by atoms with E-state index in [0.29, 0.717) is 0 Å². The lowest BCUT2D eigenvalue weighted by molar-refractivity contribution is -0.138. The number of carbonyl (C=O) groups is 2. The van der Waals surface area contributed by atoms with E-state index in [1.807, 2.05) is 0 Å². The highest BCUT2D eigenvalue weighted by atomic mass is 19.4. The van der Waals surface area contributed by atoms with E-state index in [1.54, 1.807) is 5.32 Å². The quantitative estimate of drug-likeness (QED) is 0.725. The molecular formula is C10H13F3N4O4. The van der Waals surface area contributed by atoms with Crippen LogP contribution in [0.4, 0.5) is 13.2 Å². The smallest absolute Gasteiger partial charge is 0.405 e. The second kappa shape index (κ2) is 7.02. The molecule has 1 aromatic heterocycles. The topological polar surface area (TPSA) is 106 Å². The maximum absolute atomic E-state index is 12.0. The van der Waals surface area contributed by atoms with E-state index in [1.165, 1.54) is 7.11 Å². The molecule has 0 saturated heterocycles. The molecule has 0 aliphatic carbocycles. The summed E-state index contributed by atoms with van der Waals surface area (Å²) in [5.41, 5.74) is -0.262. The molecule has 8 nitrogen and oxygen atoms in total.